The van der Waals surface area contributed by atoms with Crippen molar-refractivity contribution in [2.45, 2.75) is 252 Å². The molecule has 0 bridgehead atoms. The molecule has 6 nitrogen and oxygen atoms in total. The molecule has 0 aromatic carbocycles. The molecular weight excluding hydrogens is 769 g/mol. The molecule has 6 heteroatoms. The molecule has 62 heavy (non-hydrogen) atoms. The lowest BCUT2D eigenvalue weighted by Crippen LogP contribution is -2.30. The summed E-state index contributed by atoms with van der Waals surface area (Å²) in [6, 6.07) is 0. The number of carbonyl (C=O) groups is 3. The van der Waals surface area contributed by atoms with Gasteiger partial charge < -0.3 is 14.2 Å². The monoisotopic (exact) mass is 865 g/mol. The van der Waals surface area contributed by atoms with Gasteiger partial charge in [0.05, 0.1) is 0 Å². The molecule has 0 amide bonds. The quantitative estimate of drug-likeness (QED) is 0.0262. The largest absolute Gasteiger partial charge is 0.462 e. The maximum absolute atomic E-state index is 12.8. The van der Waals surface area contributed by atoms with Crippen LogP contribution in [0.25, 0.3) is 0 Å². The summed E-state index contributed by atoms with van der Waals surface area (Å²) in [7, 11) is 0. The molecule has 0 fully saturated rings. The average Bonchev–Trinajstić information content (AvgIpc) is 3.27. The van der Waals surface area contributed by atoms with E-state index in [4.69, 9.17) is 14.2 Å². The van der Waals surface area contributed by atoms with Crippen molar-refractivity contribution in [2.75, 3.05) is 13.2 Å². The van der Waals surface area contributed by atoms with Crippen LogP contribution in [-0.4, -0.2) is 37.2 Å². The lowest BCUT2D eigenvalue weighted by Gasteiger charge is -2.18. The fourth-order valence-electron chi connectivity index (χ4n) is 7.05. The normalized spacial score (nSPS) is 12.6. The van der Waals surface area contributed by atoms with E-state index in [9.17, 15) is 14.4 Å². The van der Waals surface area contributed by atoms with Gasteiger partial charge in [0.2, 0.25) is 0 Å². The Morgan fingerprint density at radius 1 is 0.339 bits per heavy atom. The zero-order chi connectivity index (χ0) is 45.1. The molecule has 0 aliphatic heterocycles. The van der Waals surface area contributed by atoms with Crippen molar-refractivity contribution in [3.8, 4) is 0 Å². The van der Waals surface area contributed by atoms with Crippen LogP contribution >= 0.6 is 0 Å². The topological polar surface area (TPSA) is 78.9 Å². The van der Waals surface area contributed by atoms with Gasteiger partial charge in [-0.3, -0.25) is 14.4 Å². The van der Waals surface area contributed by atoms with Gasteiger partial charge in [-0.05, 0) is 89.9 Å². The first-order chi connectivity index (χ1) is 30.5. The van der Waals surface area contributed by atoms with E-state index >= 15 is 0 Å². The molecule has 0 heterocycles. The molecular formula is C56H96O6. The summed E-state index contributed by atoms with van der Waals surface area (Å²) >= 11 is 0. The van der Waals surface area contributed by atoms with Gasteiger partial charge in [-0.1, -0.05) is 209 Å². The van der Waals surface area contributed by atoms with Crippen LogP contribution in [0.15, 0.2) is 72.9 Å². The van der Waals surface area contributed by atoms with E-state index in [1.807, 2.05) is 0 Å². The van der Waals surface area contributed by atoms with Crippen LogP contribution in [0.3, 0.4) is 0 Å². The van der Waals surface area contributed by atoms with Gasteiger partial charge in [-0.2, -0.15) is 0 Å². The highest BCUT2D eigenvalue weighted by atomic mass is 16.6. The van der Waals surface area contributed by atoms with E-state index in [-0.39, 0.29) is 31.1 Å². The molecule has 0 spiro atoms. The summed E-state index contributed by atoms with van der Waals surface area (Å²) in [5.41, 5.74) is 0. The summed E-state index contributed by atoms with van der Waals surface area (Å²) in [5, 5.41) is 0. The Bertz CT molecular complexity index is 1180. The molecule has 0 N–H and O–H groups in total. The smallest absolute Gasteiger partial charge is 0.306 e. The first kappa shape index (κ1) is 58.9. The molecule has 0 rings (SSSR count). The number of allylic oxidation sites excluding steroid dienone is 12. The summed E-state index contributed by atoms with van der Waals surface area (Å²) < 4.78 is 16.7. The van der Waals surface area contributed by atoms with Crippen molar-refractivity contribution in [3.63, 3.8) is 0 Å². The first-order valence-corrected chi connectivity index (χ1v) is 25.9. The summed E-state index contributed by atoms with van der Waals surface area (Å²) in [6.07, 6.45) is 63.1. The average molecular weight is 865 g/mol. The van der Waals surface area contributed by atoms with Crippen molar-refractivity contribution < 1.29 is 28.6 Å². The number of ether oxygens (including phenoxy) is 3. The number of rotatable bonds is 46. The van der Waals surface area contributed by atoms with E-state index in [1.165, 1.54) is 96.3 Å². The van der Waals surface area contributed by atoms with Crippen LogP contribution in [0, 0.1) is 0 Å². The van der Waals surface area contributed by atoms with Crippen LogP contribution in [0.4, 0.5) is 0 Å². The fraction of sp³-hybridized carbons (Fsp3) is 0.732. The molecule has 0 saturated carbocycles. The SMILES string of the molecule is CC/C=C\C/C=C\C/C=C\C/C=C\C/C=C\CCCCCC(=O)OCC(COC(=O)CCCCCCCCCCCCC)OC(=O)CCCCC/C=C\CCCCCCCCC. The molecule has 0 aromatic rings. The predicted molar refractivity (Wildman–Crippen MR) is 265 cm³/mol. The highest BCUT2D eigenvalue weighted by molar-refractivity contribution is 5.71. The van der Waals surface area contributed by atoms with Gasteiger partial charge in [-0.15, -0.1) is 0 Å². The zero-order valence-corrected chi connectivity index (χ0v) is 40.6. The van der Waals surface area contributed by atoms with Gasteiger partial charge in [0.1, 0.15) is 13.2 Å². The molecule has 356 valence electrons. The molecule has 0 aliphatic carbocycles. The molecule has 0 aromatic heterocycles. The molecule has 0 aliphatic rings. The van der Waals surface area contributed by atoms with Crippen LogP contribution < -0.4 is 0 Å². The number of unbranched alkanes of at least 4 members (excludes halogenated alkanes) is 23. The first-order valence-electron chi connectivity index (χ1n) is 25.9. The van der Waals surface area contributed by atoms with Gasteiger partial charge in [-0.25, -0.2) is 0 Å². The minimum atomic E-state index is -0.794. The number of carbonyl (C=O) groups excluding carboxylic acids is 3. The maximum atomic E-state index is 12.8. The summed E-state index contributed by atoms with van der Waals surface area (Å²) in [4.78, 5) is 37.9. The zero-order valence-electron chi connectivity index (χ0n) is 40.6. The van der Waals surface area contributed by atoms with Crippen LogP contribution in [-0.2, 0) is 28.6 Å². The maximum Gasteiger partial charge on any atom is 0.306 e. The highest BCUT2D eigenvalue weighted by Crippen LogP contribution is 2.14. The van der Waals surface area contributed by atoms with Crippen molar-refractivity contribution in [3.05, 3.63) is 72.9 Å². The minimum absolute atomic E-state index is 0.0906. The standard InChI is InChI=1S/C56H96O6/c1-4-7-10-13-16-19-22-24-26-27-28-29-30-32-34-37-40-43-46-49-55(58)61-52-53(51-60-54(57)48-45-42-39-36-33-21-18-15-12-9-6-3)62-56(59)50-47-44-41-38-35-31-25-23-20-17-14-11-8-5-2/h7,10,16,19,24,26,28-29,31-32,34-35,53H,4-6,8-9,11-15,17-18,20-23,25,27,30,33,36-52H2,1-3H3/b10-7-,19-16-,26-24-,29-28-,34-32-,35-31-. The van der Waals surface area contributed by atoms with Crippen molar-refractivity contribution in [1.82, 2.24) is 0 Å². The minimum Gasteiger partial charge on any atom is -0.462 e. The Kier molecular flexibility index (Phi) is 47.9. The summed E-state index contributed by atoms with van der Waals surface area (Å²) in [5.74, 6) is -0.939. The van der Waals surface area contributed by atoms with Gasteiger partial charge in [0.25, 0.3) is 0 Å². The second-order valence-corrected chi connectivity index (χ2v) is 17.1. The van der Waals surface area contributed by atoms with E-state index in [1.54, 1.807) is 0 Å². The highest BCUT2D eigenvalue weighted by Gasteiger charge is 2.19. The Morgan fingerprint density at radius 3 is 1.02 bits per heavy atom. The number of hydrogen-bond acceptors (Lipinski definition) is 6. The fourth-order valence-corrected chi connectivity index (χ4v) is 7.05. The third-order valence-corrected chi connectivity index (χ3v) is 10.9. The number of esters is 3. The van der Waals surface area contributed by atoms with Gasteiger partial charge in [0, 0.05) is 19.3 Å². The second-order valence-electron chi connectivity index (χ2n) is 17.1. The van der Waals surface area contributed by atoms with Crippen molar-refractivity contribution in [1.29, 1.82) is 0 Å². The van der Waals surface area contributed by atoms with Crippen LogP contribution in [0.2, 0.25) is 0 Å². The Morgan fingerprint density at radius 2 is 0.629 bits per heavy atom. The lowest BCUT2D eigenvalue weighted by molar-refractivity contribution is -0.167. The lowest BCUT2D eigenvalue weighted by atomic mass is 10.1. The predicted octanol–water partition coefficient (Wildman–Crippen LogP) is 17.0. The number of hydrogen-bond donors (Lipinski definition) is 0. The summed E-state index contributed by atoms with van der Waals surface area (Å²) in [6.45, 7) is 6.47. The third-order valence-electron chi connectivity index (χ3n) is 10.9. The Balaban J connectivity index is 4.43. The van der Waals surface area contributed by atoms with Crippen LogP contribution in [0.5, 0.6) is 0 Å². The van der Waals surface area contributed by atoms with E-state index in [0.717, 1.165) is 109 Å². The molecule has 0 radical (unpaired) electrons. The van der Waals surface area contributed by atoms with E-state index in [2.05, 4.69) is 93.7 Å². The van der Waals surface area contributed by atoms with Gasteiger partial charge in [0.15, 0.2) is 6.10 Å². The molecule has 1 unspecified atom stereocenters. The molecule has 1 atom stereocenters. The van der Waals surface area contributed by atoms with Crippen molar-refractivity contribution in [2.24, 2.45) is 0 Å². The third kappa shape index (κ3) is 47.9. The molecule has 0 saturated heterocycles. The van der Waals surface area contributed by atoms with Crippen LogP contribution in [0.1, 0.15) is 245 Å². The van der Waals surface area contributed by atoms with E-state index < -0.39 is 6.10 Å². The van der Waals surface area contributed by atoms with E-state index in [0.29, 0.717) is 19.3 Å². The van der Waals surface area contributed by atoms with Gasteiger partial charge >= 0.3 is 17.9 Å². The second kappa shape index (κ2) is 50.5. The Hall–Kier alpha value is -3.15. The Labute approximate surface area is 382 Å². The van der Waals surface area contributed by atoms with Crippen molar-refractivity contribution >= 4 is 17.9 Å².